The van der Waals surface area contributed by atoms with E-state index < -0.39 is 11.8 Å². The molecule has 188 valence electrons. The van der Waals surface area contributed by atoms with Crippen molar-refractivity contribution in [3.05, 3.63) is 94.0 Å². The van der Waals surface area contributed by atoms with Gasteiger partial charge in [0, 0.05) is 45.1 Å². The van der Waals surface area contributed by atoms with Gasteiger partial charge in [-0.25, -0.2) is 0 Å². The zero-order valence-electron chi connectivity index (χ0n) is 21.9. The van der Waals surface area contributed by atoms with Crippen molar-refractivity contribution in [1.82, 2.24) is 10.2 Å². The fraction of sp³-hybridized carbons (Fsp3) is 0.333. The number of anilines is 2. The molecule has 0 aliphatic carbocycles. The van der Waals surface area contributed by atoms with Crippen molar-refractivity contribution in [2.45, 2.75) is 39.8 Å². The minimum atomic E-state index is -0.643. The number of rotatable bonds is 6. The van der Waals surface area contributed by atoms with Crippen LogP contribution in [0.5, 0.6) is 0 Å². The molecule has 6 heteroatoms. The predicted octanol–water partition coefficient (Wildman–Crippen LogP) is 4.53. The molecular weight excluding hydrogens is 448 g/mol. The third-order valence-corrected chi connectivity index (χ3v) is 6.97. The van der Waals surface area contributed by atoms with Crippen molar-refractivity contribution in [3.8, 4) is 0 Å². The maximum atomic E-state index is 12.8. The molecule has 0 spiro atoms. The Morgan fingerprint density at radius 2 is 1.56 bits per heavy atom. The largest absolute Gasteiger partial charge is 0.378 e. The summed E-state index contributed by atoms with van der Waals surface area (Å²) in [6.07, 6.45) is 0.961. The molecule has 3 aromatic carbocycles. The van der Waals surface area contributed by atoms with Crippen LogP contribution in [0.25, 0.3) is 0 Å². The Morgan fingerprint density at radius 3 is 2.19 bits per heavy atom. The minimum absolute atomic E-state index is 0.0471. The van der Waals surface area contributed by atoms with Gasteiger partial charge in [-0.15, -0.1) is 0 Å². The molecule has 0 saturated carbocycles. The van der Waals surface area contributed by atoms with Crippen LogP contribution in [0.1, 0.15) is 39.4 Å². The summed E-state index contributed by atoms with van der Waals surface area (Å²) in [6, 6.07) is 20.9. The van der Waals surface area contributed by atoms with Gasteiger partial charge in [0.15, 0.2) is 0 Å². The second-order valence-electron chi connectivity index (χ2n) is 9.93. The molecule has 3 aromatic rings. The fourth-order valence-corrected chi connectivity index (χ4v) is 5.05. The Bertz CT molecular complexity index is 1230. The normalized spacial score (nSPS) is 14.0. The Morgan fingerprint density at radius 1 is 0.917 bits per heavy atom. The summed E-state index contributed by atoms with van der Waals surface area (Å²) in [7, 11) is 4.04. The quantitative estimate of drug-likeness (QED) is 0.505. The van der Waals surface area contributed by atoms with Crippen LogP contribution in [0.4, 0.5) is 11.4 Å². The summed E-state index contributed by atoms with van der Waals surface area (Å²) >= 11 is 0. The number of nitrogens with one attached hydrogen (secondary N) is 2. The highest BCUT2D eigenvalue weighted by Gasteiger charge is 2.26. The van der Waals surface area contributed by atoms with Crippen LogP contribution in [0, 0.1) is 20.8 Å². The zero-order valence-corrected chi connectivity index (χ0v) is 21.9. The summed E-state index contributed by atoms with van der Waals surface area (Å²) in [5.41, 5.74) is 8.64. The first-order valence-electron chi connectivity index (χ1n) is 12.5. The maximum absolute atomic E-state index is 12.8. The van der Waals surface area contributed by atoms with Gasteiger partial charge >= 0.3 is 11.8 Å². The molecule has 1 atom stereocenters. The van der Waals surface area contributed by atoms with E-state index in [-0.39, 0.29) is 6.04 Å². The Balaban J connectivity index is 1.50. The first kappa shape index (κ1) is 25.5. The number of fused-ring (bicyclic) bond motifs is 1. The molecular formula is C30H36N4O2. The van der Waals surface area contributed by atoms with Gasteiger partial charge in [0.05, 0.1) is 6.04 Å². The van der Waals surface area contributed by atoms with Gasteiger partial charge in [-0.3, -0.25) is 14.5 Å². The third kappa shape index (κ3) is 5.77. The SMILES string of the molecule is Cc1cc(C)c(NC(=O)C(=O)NCC(c2ccc(N(C)C)cc2)N2CCc3ccccc3C2)c(C)c1. The topological polar surface area (TPSA) is 64.7 Å². The van der Waals surface area contributed by atoms with Gasteiger partial charge in [-0.2, -0.15) is 0 Å². The van der Waals surface area contributed by atoms with E-state index in [2.05, 4.69) is 69.0 Å². The van der Waals surface area contributed by atoms with E-state index in [1.807, 2.05) is 47.0 Å². The molecule has 0 bridgehead atoms. The smallest absolute Gasteiger partial charge is 0.313 e. The maximum Gasteiger partial charge on any atom is 0.313 e. The van der Waals surface area contributed by atoms with E-state index >= 15 is 0 Å². The number of carbonyl (C=O) groups is 2. The molecule has 4 rings (SSSR count). The lowest BCUT2D eigenvalue weighted by Crippen LogP contribution is -2.43. The second-order valence-corrected chi connectivity index (χ2v) is 9.93. The molecule has 6 nitrogen and oxygen atoms in total. The lowest BCUT2D eigenvalue weighted by atomic mass is 9.96. The van der Waals surface area contributed by atoms with Gasteiger partial charge < -0.3 is 15.5 Å². The van der Waals surface area contributed by atoms with Crippen LogP contribution in [-0.2, 0) is 22.6 Å². The van der Waals surface area contributed by atoms with Crippen LogP contribution in [0.15, 0.2) is 60.7 Å². The van der Waals surface area contributed by atoms with Crippen LogP contribution in [0.3, 0.4) is 0 Å². The fourth-order valence-electron chi connectivity index (χ4n) is 5.05. The van der Waals surface area contributed by atoms with Crippen LogP contribution >= 0.6 is 0 Å². The Kier molecular flexibility index (Phi) is 7.75. The third-order valence-electron chi connectivity index (χ3n) is 6.97. The highest BCUT2D eigenvalue weighted by molar-refractivity contribution is 6.39. The van der Waals surface area contributed by atoms with Crippen molar-refractivity contribution < 1.29 is 9.59 Å². The highest BCUT2D eigenvalue weighted by atomic mass is 16.2. The second kappa shape index (κ2) is 11.0. The molecule has 1 unspecified atom stereocenters. The van der Waals surface area contributed by atoms with E-state index in [0.717, 1.165) is 47.5 Å². The van der Waals surface area contributed by atoms with Crippen molar-refractivity contribution in [3.63, 3.8) is 0 Å². The molecule has 0 fully saturated rings. The molecule has 36 heavy (non-hydrogen) atoms. The first-order valence-corrected chi connectivity index (χ1v) is 12.5. The first-order chi connectivity index (χ1) is 17.2. The van der Waals surface area contributed by atoms with Crippen LogP contribution in [0.2, 0.25) is 0 Å². The van der Waals surface area contributed by atoms with E-state index in [1.54, 1.807) is 0 Å². The summed E-state index contributed by atoms with van der Waals surface area (Å²) in [5.74, 6) is -1.27. The number of hydrogen-bond donors (Lipinski definition) is 2. The molecule has 1 aliphatic heterocycles. The molecule has 0 aromatic heterocycles. The average Bonchev–Trinajstić information content (AvgIpc) is 2.86. The number of hydrogen-bond acceptors (Lipinski definition) is 4. The van der Waals surface area contributed by atoms with Crippen molar-refractivity contribution in [2.75, 3.05) is 37.4 Å². The van der Waals surface area contributed by atoms with Crippen molar-refractivity contribution in [1.29, 1.82) is 0 Å². The lowest BCUT2D eigenvalue weighted by Gasteiger charge is -2.36. The number of nitrogens with zero attached hydrogens (tertiary/aromatic N) is 2. The molecule has 2 amide bonds. The molecule has 0 radical (unpaired) electrons. The predicted molar refractivity (Wildman–Crippen MR) is 146 cm³/mol. The van der Waals surface area contributed by atoms with Crippen LogP contribution < -0.4 is 15.5 Å². The van der Waals surface area contributed by atoms with Gasteiger partial charge in [0.2, 0.25) is 0 Å². The van der Waals surface area contributed by atoms with E-state index in [1.165, 1.54) is 11.1 Å². The van der Waals surface area contributed by atoms with Gasteiger partial charge in [-0.05, 0) is 67.1 Å². The Labute approximate surface area is 214 Å². The van der Waals surface area contributed by atoms with Crippen molar-refractivity contribution >= 4 is 23.2 Å². The highest BCUT2D eigenvalue weighted by Crippen LogP contribution is 2.29. The summed E-state index contributed by atoms with van der Waals surface area (Å²) in [6.45, 7) is 7.94. The summed E-state index contributed by atoms with van der Waals surface area (Å²) < 4.78 is 0. The van der Waals surface area contributed by atoms with Crippen LogP contribution in [-0.4, -0.2) is 43.9 Å². The Hall–Kier alpha value is -3.64. The van der Waals surface area contributed by atoms with Gasteiger partial charge in [0.1, 0.15) is 0 Å². The zero-order chi connectivity index (χ0) is 25.8. The standard InChI is InChI=1S/C30H36N4O2/c1-20-16-21(2)28(22(3)17-20)32-30(36)29(35)31-18-27(24-10-12-26(13-11-24)33(4)5)34-15-14-23-8-6-7-9-25(23)19-34/h6-13,16-17,27H,14-15,18-19H2,1-5H3,(H,31,35)(H,32,36). The summed E-state index contributed by atoms with van der Waals surface area (Å²) in [5, 5.41) is 5.72. The molecule has 2 N–H and O–H groups in total. The average molecular weight is 485 g/mol. The van der Waals surface area contributed by atoms with Gasteiger partial charge in [0.25, 0.3) is 0 Å². The van der Waals surface area contributed by atoms with E-state index in [0.29, 0.717) is 12.2 Å². The lowest BCUT2D eigenvalue weighted by molar-refractivity contribution is -0.136. The summed E-state index contributed by atoms with van der Waals surface area (Å²) in [4.78, 5) is 30.1. The minimum Gasteiger partial charge on any atom is -0.378 e. The molecule has 0 saturated heterocycles. The molecule has 1 aliphatic rings. The van der Waals surface area contributed by atoms with E-state index in [4.69, 9.17) is 0 Å². The number of aryl methyl sites for hydroxylation is 3. The monoisotopic (exact) mass is 484 g/mol. The van der Waals surface area contributed by atoms with Crippen molar-refractivity contribution in [2.24, 2.45) is 0 Å². The molecule has 1 heterocycles. The number of carbonyl (C=O) groups excluding carboxylic acids is 2. The van der Waals surface area contributed by atoms with Gasteiger partial charge in [-0.1, -0.05) is 54.1 Å². The van der Waals surface area contributed by atoms with E-state index in [9.17, 15) is 9.59 Å². The number of benzene rings is 3. The number of amides is 2.